The number of aryl methyl sites for hydroxylation is 3. The van der Waals surface area contributed by atoms with Crippen LogP contribution in [0.15, 0.2) is 30.0 Å². The topological polar surface area (TPSA) is 65.5 Å². The third-order valence-corrected chi connectivity index (χ3v) is 8.05. The van der Waals surface area contributed by atoms with Crippen molar-refractivity contribution in [3.8, 4) is 0 Å². The number of allylic oxidation sites excluding steroid dienone is 1. The molecule has 0 spiro atoms. The molecule has 5 atom stereocenters. The number of Topliss-reactive ketones (excluding diaryl/α,β-unsaturated/α-hetero) is 1. The van der Waals surface area contributed by atoms with Gasteiger partial charge in [-0.1, -0.05) is 17.7 Å². The fourth-order valence-corrected chi connectivity index (χ4v) is 6.41. The molecule has 2 aromatic rings. The first kappa shape index (κ1) is 29.3. The van der Waals surface area contributed by atoms with Gasteiger partial charge >= 0.3 is 18.3 Å². The maximum absolute atomic E-state index is 14.0. The van der Waals surface area contributed by atoms with Crippen molar-refractivity contribution in [3.63, 3.8) is 0 Å². The average Bonchev–Trinajstić information content (AvgIpc) is 3.49. The Morgan fingerprint density at radius 1 is 0.902 bits per heavy atom. The van der Waals surface area contributed by atoms with Crippen molar-refractivity contribution >= 4 is 17.3 Å². The van der Waals surface area contributed by atoms with Crippen LogP contribution < -0.4 is 0 Å². The SMILES string of the molecule is Cc1cc(C)c(C2=C(OC(=O)C(C)(C)C)[C@@H]3[C@@H]4O[C@@H](C[C@H]4c4cc(C(F)(F)F)nc(C(F)(F)F)c4)[C@@H]3C2=O)c(C)c1. The van der Waals surface area contributed by atoms with Gasteiger partial charge in [-0.05, 0) is 82.3 Å². The van der Waals surface area contributed by atoms with Gasteiger partial charge in [0.2, 0.25) is 0 Å². The second-order valence-electron chi connectivity index (χ2n) is 12.2. The van der Waals surface area contributed by atoms with Crippen LogP contribution in [0, 0.1) is 38.0 Å². The predicted octanol–water partition coefficient (Wildman–Crippen LogP) is 7.11. The first-order valence-electron chi connectivity index (χ1n) is 13.2. The van der Waals surface area contributed by atoms with E-state index >= 15 is 0 Å². The highest BCUT2D eigenvalue weighted by atomic mass is 19.4. The van der Waals surface area contributed by atoms with Gasteiger partial charge in [0.15, 0.2) is 5.78 Å². The lowest BCUT2D eigenvalue weighted by Crippen LogP contribution is -2.35. The van der Waals surface area contributed by atoms with Crippen molar-refractivity contribution in [2.75, 3.05) is 0 Å². The second kappa shape index (κ2) is 9.40. The molecule has 2 saturated heterocycles. The van der Waals surface area contributed by atoms with Gasteiger partial charge in [0, 0.05) is 5.92 Å². The molecule has 1 aromatic carbocycles. The van der Waals surface area contributed by atoms with Crippen LogP contribution in [0.4, 0.5) is 26.3 Å². The van der Waals surface area contributed by atoms with Crippen LogP contribution in [-0.4, -0.2) is 28.9 Å². The highest BCUT2D eigenvalue weighted by Gasteiger charge is 2.64. The Labute approximate surface area is 232 Å². The third-order valence-electron chi connectivity index (χ3n) is 8.05. The fraction of sp³-hybridized carbons (Fsp3) is 0.500. The van der Waals surface area contributed by atoms with Crippen molar-refractivity contribution in [2.45, 2.75) is 78.4 Å². The number of hydrogen-bond acceptors (Lipinski definition) is 5. The quantitative estimate of drug-likeness (QED) is 0.286. The van der Waals surface area contributed by atoms with E-state index in [9.17, 15) is 35.9 Å². The zero-order valence-electron chi connectivity index (χ0n) is 23.3. The minimum absolute atomic E-state index is 0.0375. The summed E-state index contributed by atoms with van der Waals surface area (Å²) in [5, 5.41) is 0. The Bertz CT molecular complexity index is 1430. The summed E-state index contributed by atoms with van der Waals surface area (Å²) >= 11 is 0. The fourth-order valence-electron chi connectivity index (χ4n) is 6.41. The van der Waals surface area contributed by atoms with Crippen LogP contribution >= 0.6 is 0 Å². The molecule has 5 nitrogen and oxygen atoms in total. The molecule has 0 saturated carbocycles. The summed E-state index contributed by atoms with van der Waals surface area (Å²) in [7, 11) is 0. The Balaban J connectivity index is 1.66. The summed E-state index contributed by atoms with van der Waals surface area (Å²) in [5.74, 6) is -3.42. The van der Waals surface area contributed by atoms with Gasteiger partial charge in [-0.2, -0.15) is 26.3 Å². The Kier molecular flexibility index (Phi) is 6.72. The standard InChI is InChI=1S/C30H29F6NO4/c1-12-7-13(2)20(14(3)8-12)22-24(38)21-17-11-16(25(40-17)23(21)26(22)41-27(39)28(4,5)6)15-9-18(29(31,32)33)37-19(10-15)30(34,35)36/h7-10,16-17,21,23,25H,11H2,1-6H3/t16-,17-,21-,23-,25+/m0/s1. The van der Waals surface area contributed by atoms with E-state index in [4.69, 9.17) is 9.47 Å². The second-order valence-corrected chi connectivity index (χ2v) is 12.2. The number of ketones is 1. The van der Waals surface area contributed by atoms with E-state index in [0.29, 0.717) is 17.7 Å². The number of fused-ring (bicyclic) bond motifs is 5. The molecular formula is C30H29F6NO4. The van der Waals surface area contributed by atoms with Gasteiger partial charge < -0.3 is 9.47 Å². The lowest BCUT2D eigenvalue weighted by Gasteiger charge is -2.30. The number of hydrogen-bond donors (Lipinski definition) is 0. The third kappa shape index (κ3) is 4.96. The number of benzene rings is 1. The Hall–Kier alpha value is -3.21. The van der Waals surface area contributed by atoms with Crippen LogP contribution in [0.5, 0.6) is 0 Å². The van der Waals surface area contributed by atoms with E-state index < -0.39 is 65.1 Å². The molecule has 2 fully saturated rings. The smallest absolute Gasteiger partial charge is 0.429 e. The number of alkyl halides is 6. The largest absolute Gasteiger partial charge is 0.433 e. The molecule has 5 rings (SSSR count). The first-order valence-corrected chi connectivity index (χ1v) is 13.2. The molecule has 0 N–H and O–H groups in total. The summed E-state index contributed by atoms with van der Waals surface area (Å²) in [6.45, 7) is 10.5. The van der Waals surface area contributed by atoms with Crippen molar-refractivity contribution in [3.05, 3.63) is 69.2 Å². The van der Waals surface area contributed by atoms with E-state index in [0.717, 1.165) is 16.7 Å². The summed E-state index contributed by atoms with van der Waals surface area (Å²) in [5.41, 5.74) is -1.18. The predicted molar refractivity (Wildman–Crippen MR) is 135 cm³/mol. The number of aromatic nitrogens is 1. The highest BCUT2D eigenvalue weighted by molar-refractivity contribution is 6.26. The lowest BCUT2D eigenvalue weighted by molar-refractivity contribution is -0.151. The van der Waals surface area contributed by atoms with Crippen molar-refractivity contribution < 1.29 is 45.4 Å². The number of halogens is 6. The number of carbonyl (C=O) groups excluding carboxylic acids is 2. The molecule has 0 unspecified atom stereocenters. The number of carbonyl (C=O) groups is 2. The van der Waals surface area contributed by atoms with Crippen molar-refractivity contribution in [2.24, 2.45) is 17.3 Å². The number of esters is 1. The molecule has 1 aliphatic carbocycles. The van der Waals surface area contributed by atoms with Crippen molar-refractivity contribution in [1.82, 2.24) is 4.98 Å². The first-order chi connectivity index (χ1) is 18.8. The number of ether oxygens (including phenoxy) is 2. The maximum Gasteiger partial charge on any atom is 0.433 e. The van der Waals surface area contributed by atoms with Gasteiger partial charge in [-0.3, -0.25) is 9.59 Å². The summed E-state index contributed by atoms with van der Waals surface area (Å²) < 4.78 is 93.4. The summed E-state index contributed by atoms with van der Waals surface area (Å²) in [6, 6.07) is 5.00. The molecule has 220 valence electrons. The summed E-state index contributed by atoms with van der Waals surface area (Å²) in [6.07, 6.45) is -11.9. The Morgan fingerprint density at radius 2 is 1.44 bits per heavy atom. The van der Waals surface area contributed by atoms with Gasteiger partial charge in [0.25, 0.3) is 0 Å². The highest BCUT2D eigenvalue weighted by Crippen LogP contribution is 2.59. The molecule has 0 amide bonds. The maximum atomic E-state index is 14.0. The average molecular weight is 582 g/mol. The molecule has 2 aliphatic heterocycles. The molecule has 2 bridgehead atoms. The molecule has 0 radical (unpaired) electrons. The normalized spacial score (nSPS) is 26.1. The van der Waals surface area contributed by atoms with Crippen LogP contribution in [-0.2, 0) is 31.4 Å². The van der Waals surface area contributed by atoms with Crippen LogP contribution in [0.25, 0.3) is 5.57 Å². The summed E-state index contributed by atoms with van der Waals surface area (Å²) in [4.78, 5) is 29.9. The van der Waals surface area contributed by atoms with Gasteiger partial charge in [-0.25, -0.2) is 4.98 Å². The van der Waals surface area contributed by atoms with E-state index in [1.54, 1.807) is 20.8 Å². The van der Waals surface area contributed by atoms with Crippen LogP contribution in [0.3, 0.4) is 0 Å². The van der Waals surface area contributed by atoms with Gasteiger partial charge in [0.05, 0.1) is 35.0 Å². The molecule has 41 heavy (non-hydrogen) atoms. The molecule has 1 aromatic heterocycles. The Morgan fingerprint density at radius 3 is 1.93 bits per heavy atom. The van der Waals surface area contributed by atoms with E-state index in [1.165, 1.54) is 0 Å². The van der Waals surface area contributed by atoms with Gasteiger partial charge in [-0.15, -0.1) is 0 Å². The van der Waals surface area contributed by atoms with E-state index in [2.05, 4.69) is 4.98 Å². The van der Waals surface area contributed by atoms with Crippen LogP contribution in [0.1, 0.15) is 72.3 Å². The van der Waals surface area contributed by atoms with Crippen molar-refractivity contribution in [1.29, 1.82) is 0 Å². The zero-order valence-corrected chi connectivity index (χ0v) is 23.3. The number of rotatable bonds is 3. The lowest BCUT2D eigenvalue weighted by atomic mass is 9.72. The monoisotopic (exact) mass is 581 g/mol. The van der Waals surface area contributed by atoms with Crippen LogP contribution in [0.2, 0.25) is 0 Å². The molecule has 11 heteroatoms. The number of nitrogens with zero attached hydrogens (tertiary/aromatic N) is 1. The van der Waals surface area contributed by atoms with E-state index in [-0.39, 0.29) is 29.1 Å². The minimum Gasteiger partial charge on any atom is -0.429 e. The van der Waals surface area contributed by atoms with Gasteiger partial charge in [0.1, 0.15) is 17.1 Å². The number of pyridine rings is 1. The molecular weight excluding hydrogens is 552 g/mol. The minimum atomic E-state index is -5.11. The molecule has 3 aliphatic rings. The zero-order chi connectivity index (χ0) is 30.4. The molecule has 3 heterocycles. The van der Waals surface area contributed by atoms with E-state index in [1.807, 2.05) is 32.9 Å².